The van der Waals surface area contributed by atoms with Gasteiger partial charge in [-0.1, -0.05) is 9.70 Å². The van der Waals surface area contributed by atoms with Crippen molar-refractivity contribution in [2.45, 2.75) is 4.90 Å². The summed E-state index contributed by atoms with van der Waals surface area (Å²) in [5.41, 5.74) is 3.17. The zero-order chi connectivity index (χ0) is 14.3. The molecule has 3 nitrogen and oxygen atoms in total. The molecule has 1 aliphatic rings. The third-order valence-corrected chi connectivity index (χ3v) is 5.76. The molecule has 5 heteroatoms. The van der Waals surface area contributed by atoms with Gasteiger partial charge in [-0.15, -0.1) is 0 Å². The van der Waals surface area contributed by atoms with Crippen LogP contribution in [0.3, 0.4) is 0 Å². The summed E-state index contributed by atoms with van der Waals surface area (Å²) < 4.78 is 1.09. The number of nitrogens with one attached hydrogen (secondary N) is 1. The molecule has 0 saturated carbocycles. The first-order valence-corrected chi connectivity index (χ1v) is 8.40. The Morgan fingerprint density at radius 3 is 2.65 bits per heavy atom. The van der Waals surface area contributed by atoms with E-state index in [1.807, 2.05) is 39.3 Å². The summed E-state index contributed by atoms with van der Waals surface area (Å²) >= 11 is 0. The van der Waals surface area contributed by atoms with E-state index < -0.39 is 9.70 Å². The summed E-state index contributed by atoms with van der Waals surface area (Å²) in [5.74, 6) is 0. The van der Waals surface area contributed by atoms with E-state index >= 15 is 0 Å². The van der Waals surface area contributed by atoms with Gasteiger partial charge in [0.05, 0.1) is 11.0 Å². The highest BCUT2D eigenvalue weighted by atomic mass is 35.7. The SMILES string of the molecule is CNc1ccc2c(c1)=S(Cl)c1cc(N(C)C)ccc1N=2. The van der Waals surface area contributed by atoms with Gasteiger partial charge >= 0.3 is 0 Å². The van der Waals surface area contributed by atoms with Gasteiger partial charge in [0.25, 0.3) is 0 Å². The van der Waals surface area contributed by atoms with Crippen molar-refractivity contribution >= 4 is 37.4 Å². The molecule has 1 unspecified atom stereocenters. The second-order valence-corrected chi connectivity index (χ2v) is 7.17. The molecule has 1 atom stereocenters. The van der Waals surface area contributed by atoms with Crippen molar-refractivity contribution in [3.05, 3.63) is 46.3 Å². The van der Waals surface area contributed by atoms with Gasteiger partial charge in [0, 0.05) is 41.9 Å². The van der Waals surface area contributed by atoms with Gasteiger partial charge in [-0.05, 0) is 47.1 Å². The van der Waals surface area contributed by atoms with E-state index in [1.54, 1.807) is 0 Å². The molecule has 0 aromatic heterocycles. The van der Waals surface area contributed by atoms with Gasteiger partial charge in [-0.2, -0.15) is 0 Å². The Bertz CT molecular complexity index is 799. The van der Waals surface area contributed by atoms with Crippen molar-refractivity contribution < 1.29 is 0 Å². The molecule has 0 spiro atoms. The number of benzene rings is 2. The predicted molar refractivity (Wildman–Crippen MR) is 88.1 cm³/mol. The van der Waals surface area contributed by atoms with Crippen LogP contribution >= 0.6 is 20.4 Å². The molecule has 1 heterocycles. The molecule has 20 heavy (non-hydrogen) atoms. The average Bonchev–Trinajstić information content (AvgIpc) is 2.47. The lowest BCUT2D eigenvalue weighted by Gasteiger charge is -2.17. The van der Waals surface area contributed by atoms with Crippen LogP contribution in [0.2, 0.25) is 0 Å². The Hall–Kier alpha value is -1.52. The van der Waals surface area contributed by atoms with E-state index in [2.05, 4.69) is 28.4 Å². The Morgan fingerprint density at radius 1 is 1.15 bits per heavy atom. The topological polar surface area (TPSA) is 27.6 Å². The fraction of sp³-hybridized carbons (Fsp3) is 0.200. The molecule has 0 saturated heterocycles. The highest BCUT2D eigenvalue weighted by molar-refractivity contribution is 8.29. The molecule has 0 bridgehead atoms. The summed E-state index contributed by atoms with van der Waals surface area (Å²) in [5, 5.41) is 4.11. The normalized spacial score (nSPS) is 15.9. The summed E-state index contributed by atoms with van der Waals surface area (Å²) in [7, 11) is 12.2. The summed E-state index contributed by atoms with van der Waals surface area (Å²) in [6.07, 6.45) is 0. The van der Waals surface area contributed by atoms with Crippen LogP contribution in [0, 0.1) is 4.51 Å². The van der Waals surface area contributed by atoms with Crippen LogP contribution in [-0.4, -0.2) is 21.1 Å². The van der Waals surface area contributed by atoms with Crippen molar-refractivity contribution in [3.8, 4) is 0 Å². The maximum absolute atomic E-state index is 6.70. The highest BCUT2D eigenvalue weighted by Crippen LogP contribution is 2.43. The Morgan fingerprint density at radius 2 is 1.95 bits per heavy atom. The molecule has 1 N–H and O–H groups in total. The van der Waals surface area contributed by atoms with Crippen molar-refractivity contribution in [3.63, 3.8) is 0 Å². The average molecular weight is 306 g/mol. The standard InChI is InChI=1S/C15H16ClN3S/c1-17-10-4-6-12-14(8-10)20(16)15-9-11(19(2)3)5-7-13(15)18-12/h4-9,17H,1-3H3. The van der Waals surface area contributed by atoms with Crippen LogP contribution in [0.1, 0.15) is 0 Å². The summed E-state index contributed by atoms with van der Waals surface area (Å²) in [4.78, 5) is 7.88. The van der Waals surface area contributed by atoms with Crippen molar-refractivity contribution in [2.24, 2.45) is 4.99 Å². The van der Waals surface area contributed by atoms with Gasteiger partial charge in [-0.25, -0.2) is 4.99 Å². The number of rotatable bonds is 2. The van der Waals surface area contributed by atoms with Gasteiger partial charge in [-0.3, -0.25) is 0 Å². The van der Waals surface area contributed by atoms with Crippen LogP contribution in [0.4, 0.5) is 17.1 Å². The number of hydrogen-bond acceptors (Lipinski definition) is 3. The van der Waals surface area contributed by atoms with Crippen LogP contribution in [0.25, 0.3) is 0 Å². The first-order valence-electron chi connectivity index (χ1n) is 6.35. The lowest BCUT2D eigenvalue weighted by Crippen LogP contribution is -2.10. The van der Waals surface area contributed by atoms with Crippen LogP contribution in [0.5, 0.6) is 0 Å². The number of halogens is 1. The predicted octanol–water partition coefficient (Wildman–Crippen LogP) is 3.79. The molecule has 2 aromatic rings. The van der Waals surface area contributed by atoms with E-state index in [4.69, 9.17) is 15.7 Å². The maximum Gasteiger partial charge on any atom is 0.0781 e. The third-order valence-electron chi connectivity index (χ3n) is 3.34. The molecule has 3 rings (SSSR count). The maximum atomic E-state index is 6.70. The van der Waals surface area contributed by atoms with E-state index in [0.29, 0.717) is 0 Å². The van der Waals surface area contributed by atoms with Crippen LogP contribution < -0.4 is 15.6 Å². The molecule has 2 aromatic carbocycles. The largest absolute Gasteiger partial charge is 0.388 e. The van der Waals surface area contributed by atoms with Crippen LogP contribution in [0.15, 0.2) is 46.3 Å². The minimum Gasteiger partial charge on any atom is -0.388 e. The fourth-order valence-corrected chi connectivity index (χ4v) is 4.20. The second-order valence-electron chi connectivity index (χ2n) is 4.85. The quantitative estimate of drug-likeness (QED) is 0.855. The first-order chi connectivity index (χ1) is 9.60. The summed E-state index contributed by atoms with van der Waals surface area (Å²) in [6, 6.07) is 12.4. The smallest absolute Gasteiger partial charge is 0.0781 e. The molecule has 104 valence electrons. The lowest BCUT2D eigenvalue weighted by atomic mass is 10.2. The molecular formula is C15H16ClN3S. The Balaban J connectivity index is 2.28. The third kappa shape index (κ3) is 2.19. The van der Waals surface area contributed by atoms with Gasteiger partial charge in [0.2, 0.25) is 0 Å². The first kappa shape index (κ1) is 13.5. The van der Waals surface area contributed by atoms with Gasteiger partial charge in [0.15, 0.2) is 0 Å². The molecule has 1 aliphatic heterocycles. The van der Waals surface area contributed by atoms with Crippen molar-refractivity contribution in [1.82, 2.24) is 0 Å². The van der Waals surface area contributed by atoms with Gasteiger partial charge < -0.3 is 10.2 Å². The second kappa shape index (κ2) is 5.11. The fourth-order valence-electron chi connectivity index (χ4n) is 2.17. The number of nitrogens with zero attached hydrogens (tertiary/aromatic N) is 2. The molecule has 0 amide bonds. The molecule has 0 aliphatic carbocycles. The Kier molecular flexibility index (Phi) is 3.44. The minimum absolute atomic E-state index is 0.467. The van der Waals surface area contributed by atoms with E-state index in [9.17, 15) is 0 Å². The van der Waals surface area contributed by atoms with Crippen molar-refractivity contribution in [1.29, 1.82) is 0 Å². The number of fused-ring (bicyclic) bond motifs is 2. The monoisotopic (exact) mass is 305 g/mol. The zero-order valence-electron chi connectivity index (χ0n) is 11.6. The molecule has 0 radical (unpaired) electrons. The number of anilines is 2. The van der Waals surface area contributed by atoms with E-state index in [-0.39, 0.29) is 0 Å². The minimum atomic E-state index is -0.467. The Labute approximate surface area is 125 Å². The molecule has 0 fully saturated rings. The van der Waals surface area contributed by atoms with Crippen LogP contribution in [-0.2, 0) is 0 Å². The van der Waals surface area contributed by atoms with E-state index in [0.717, 1.165) is 31.8 Å². The van der Waals surface area contributed by atoms with E-state index in [1.165, 1.54) is 0 Å². The van der Waals surface area contributed by atoms with Gasteiger partial charge in [0.1, 0.15) is 0 Å². The summed E-state index contributed by atoms with van der Waals surface area (Å²) in [6.45, 7) is 0. The zero-order valence-corrected chi connectivity index (χ0v) is 13.2. The number of hydrogen-bond donors (Lipinski definition) is 1. The molecular weight excluding hydrogens is 290 g/mol. The van der Waals surface area contributed by atoms with Crippen molar-refractivity contribution in [2.75, 3.05) is 31.4 Å². The highest BCUT2D eigenvalue weighted by Gasteiger charge is 2.12. The lowest BCUT2D eigenvalue weighted by molar-refractivity contribution is 1.12.